The Hall–Kier alpha value is -1.64. The molecule has 4 atom stereocenters. The minimum absolute atomic E-state index is 0.629. The molecule has 4 unspecified atom stereocenters. The summed E-state index contributed by atoms with van der Waals surface area (Å²) in [7, 11) is 0. The molecule has 1 aliphatic heterocycles. The SMILES string of the molecule is CC1OC(C)C(O[N+](=O)[O-])C1O[N+](=O)[O-]. The first-order valence-electron chi connectivity index (χ1n) is 4.19. The van der Waals surface area contributed by atoms with Crippen molar-refractivity contribution in [3.63, 3.8) is 0 Å². The van der Waals surface area contributed by atoms with Gasteiger partial charge < -0.3 is 14.4 Å². The first-order valence-corrected chi connectivity index (χ1v) is 4.19. The lowest BCUT2D eigenvalue weighted by Crippen LogP contribution is -2.38. The number of nitrogens with zero attached hydrogens (tertiary/aromatic N) is 2. The Morgan fingerprint density at radius 1 is 1.00 bits per heavy atom. The maximum Gasteiger partial charge on any atom is 0.294 e. The summed E-state index contributed by atoms with van der Waals surface area (Å²) in [5.74, 6) is 0. The fourth-order valence-electron chi connectivity index (χ4n) is 1.52. The molecule has 0 spiro atoms. The van der Waals surface area contributed by atoms with Gasteiger partial charge in [0.2, 0.25) is 0 Å². The van der Waals surface area contributed by atoms with E-state index >= 15 is 0 Å². The topological polar surface area (TPSA) is 114 Å². The fourth-order valence-corrected chi connectivity index (χ4v) is 1.52. The molecule has 0 bridgehead atoms. The van der Waals surface area contributed by atoms with E-state index in [2.05, 4.69) is 9.68 Å². The molecule has 1 saturated heterocycles. The van der Waals surface area contributed by atoms with Crippen LogP contribution in [0.25, 0.3) is 0 Å². The molecular weight excluding hydrogens is 212 g/mol. The van der Waals surface area contributed by atoms with Gasteiger partial charge in [0, 0.05) is 0 Å². The van der Waals surface area contributed by atoms with Gasteiger partial charge in [-0.05, 0) is 13.8 Å². The van der Waals surface area contributed by atoms with Gasteiger partial charge >= 0.3 is 0 Å². The Labute approximate surface area is 84.1 Å². The second kappa shape index (κ2) is 4.26. The van der Waals surface area contributed by atoms with E-state index in [-0.39, 0.29) is 0 Å². The fraction of sp³-hybridized carbons (Fsp3) is 1.00. The zero-order valence-electron chi connectivity index (χ0n) is 8.06. The van der Waals surface area contributed by atoms with Gasteiger partial charge in [0.15, 0.2) is 12.2 Å². The van der Waals surface area contributed by atoms with E-state index in [0.29, 0.717) is 0 Å². The highest BCUT2D eigenvalue weighted by molar-refractivity contribution is 4.87. The number of ether oxygens (including phenoxy) is 1. The predicted molar refractivity (Wildman–Crippen MR) is 43.7 cm³/mol. The molecule has 86 valence electrons. The molecule has 0 amide bonds. The van der Waals surface area contributed by atoms with E-state index in [4.69, 9.17) is 4.74 Å². The summed E-state index contributed by atoms with van der Waals surface area (Å²) in [6.07, 6.45) is -3.42. The van der Waals surface area contributed by atoms with E-state index < -0.39 is 34.6 Å². The second-order valence-electron chi connectivity index (χ2n) is 3.13. The third kappa shape index (κ3) is 2.65. The van der Waals surface area contributed by atoms with Crippen molar-refractivity contribution >= 4 is 0 Å². The number of rotatable bonds is 4. The molecule has 1 aliphatic rings. The Morgan fingerprint density at radius 3 is 1.60 bits per heavy atom. The lowest BCUT2D eigenvalue weighted by molar-refractivity contribution is -0.797. The molecule has 15 heavy (non-hydrogen) atoms. The van der Waals surface area contributed by atoms with Crippen molar-refractivity contribution < 1.29 is 24.6 Å². The maximum atomic E-state index is 10.1. The van der Waals surface area contributed by atoms with Crippen molar-refractivity contribution in [1.82, 2.24) is 0 Å². The van der Waals surface area contributed by atoms with Crippen molar-refractivity contribution in [3.05, 3.63) is 20.2 Å². The molecule has 1 rings (SSSR count). The summed E-state index contributed by atoms with van der Waals surface area (Å²) >= 11 is 0. The smallest absolute Gasteiger partial charge is 0.294 e. The first kappa shape index (κ1) is 11.4. The van der Waals surface area contributed by atoms with Crippen LogP contribution in [0.4, 0.5) is 0 Å². The Bertz CT molecular complexity index is 244. The third-order valence-corrected chi connectivity index (χ3v) is 2.09. The monoisotopic (exact) mass is 222 g/mol. The summed E-state index contributed by atoms with van der Waals surface area (Å²) in [6, 6.07) is 0. The quantitative estimate of drug-likeness (QED) is 0.483. The molecule has 0 radical (unpaired) electrons. The van der Waals surface area contributed by atoms with E-state index in [1.807, 2.05) is 0 Å². The van der Waals surface area contributed by atoms with Crippen LogP contribution in [0, 0.1) is 20.2 Å². The van der Waals surface area contributed by atoms with Gasteiger partial charge in [-0.1, -0.05) is 0 Å². The summed E-state index contributed by atoms with van der Waals surface area (Å²) in [4.78, 5) is 28.8. The van der Waals surface area contributed by atoms with Crippen LogP contribution < -0.4 is 0 Å². The van der Waals surface area contributed by atoms with Crippen LogP contribution in [0.5, 0.6) is 0 Å². The average molecular weight is 222 g/mol. The second-order valence-corrected chi connectivity index (χ2v) is 3.13. The van der Waals surface area contributed by atoms with Gasteiger partial charge in [-0.15, -0.1) is 20.2 Å². The van der Waals surface area contributed by atoms with Crippen LogP contribution in [0.2, 0.25) is 0 Å². The van der Waals surface area contributed by atoms with Crippen molar-refractivity contribution in [3.8, 4) is 0 Å². The number of hydrogen-bond donors (Lipinski definition) is 0. The van der Waals surface area contributed by atoms with Gasteiger partial charge in [-0.3, -0.25) is 0 Å². The van der Waals surface area contributed by atoms with Crippen LogP contribution in [0.15, 0.2) is 0 Å². The van der Waals surface area contributed by atoms with Crippen molar-refractivity contribution in [2.45, 2.75) is 38.3 Å². The highest BCUT2D eigenvalue weighted by Crippen LogP contribution is 2.26. The Kier molecular flexibility index (Phi) is 3.24. The van der Waals surface area contributed by atoms with Crippen LogP contribution >= 0.6 is 0 Å². The van der Waals surface area contributed by atoms with E-state index in [0.717, 1.165) is 0 Å². The van der Waals surface area contributed by atoms with Crippen LogP contribution in [-0.4, -0.2) is 34.6 Å². The summed E-state index contributed by atoms with van der Waals surface area (Å²) in [5, 5.41) is 18.3. The van der Waals surface area contributed by atoms with Crippen molar-refractivity contribution in [1.29, 1.82) is 0 Å². The highest BCUT2D eigenvalue weighted by Gasteiger charge is 2.45. The molecule has 0 saturated carbocycles. The minimum atomic E-state index is -1.08. The van der Waals surface area contributed by atoms with Crippen molar-refractivity contribution in [2.75, 3.05) is 0 Å². The standard InChI is InChI=1S/C6H10N2O7/c1-3-5(14-7(9)10)6(4(2)13-3)15-8(11)12/h3-6H,1-2H3. The van der Waals surface area contributed by atoms with Gasteiger partial charge in [-0.25, -0.2) is 0 Å². The summed E-state index contributed by atoms with van der Waals surface area (Å²) < 4.78 is 5.13. The maximum absolute atomic E-state index is 10.1. The molecule has 1 fully saturated rings. The molecule has 0 aromatic heterocycles. The van der Waals surface area contributed by atoms with Crippen LogP contribution in [0.1, 0.15) is 13.8 Å². The van der Waals surface area contributed by atoms with Crippen LogP contribution in [-0.2, 0) is 14.4 Å². The van der Waals surface area contributed by atoms with Crippen molar-refractivity contribution in [2.24, 2.45) is 0 Å². The Balaban J connectivity index is 2.70. The molecule has 9 heteroatoms. The normalized spacial score (nSPS) is 34.8. The predicted octanol–water partition coefficient (Wildman–Crippen LogP) is -0.0526. The zero-order valence-corrected chi connectivity index (χ0v) is 8.06. The zero-order chi connectivity index (χ0) is 11.6. The molecule has 0 aromatic rings. The van der Waals surface area contributed by atoms with Gasteiger partial charge in [0.1, 0.15) is 0 Å². The largest absolute Gasteiger partial charge is 0.371 e. The lowest BCUT2D eigenvalue weighted by atomic mass is 10.1. The van der Waals surface area contributed by atoms with E-state index in [9.17, 15) is 20.2 Å². The van der Waals surface area contributed by atoms with Crippen LogP contribution in [0.3, 0.4) is 0 Å². The molecule has 0 aromatic carbocycles. The summed E-state index contributed by atoms with van der Waals surface area (Å²) in [5.41, 5.74) is 0. The number of hydrogen-bond acceptors (Lipinski definition) is 7. The molecule has 9 nitrogen and oxygen atoms in total. The summed E-state index contributed by atoms with van der Waals surface area (Å²) in [6.45, 7) is 3.04. The molecule has 0 N–H and O–H groups in total. The third-order valence-electron chi connectivity index (χ3n) is 2.09. The molecule has 0 aliphatic carbocycles. The first-order chi connectivity index (χ1) is 6.91. The Morgan fingerprint density at radius 2 is 1.33 bits per heavy atom. The van der Waals surface area contributed by atoms with E-state index in [1.165, 1.54) is 13.8 Å². The average Bonchev–Trinajstić information content (AvgIpc) is 2.30. The van der Waals surface area contributed by atoms with Gasteiger partial charge in [0.05, 0.1) is 12.2 Å². The van der Waals surface area contributed by atoms with Gasteiger partial charge in [-0.2, -0.15) is 0 Å². The minimum Gasteiger partial charge on any atom is -0.371 e. The highest BCUT2D eigenvalue weighted by atomic mass is 17.0. The molecular formula is C6H10N2O7. The van der Waals surface area contributed by atoms with E-state index in [1.54, 1.807) is 0 Å². The van der Waals surface area contributed by atoms with Gasteiger partial charge in [0.25, 0.3) is 10.2 Å². The molecule has 1 heterocycles. The lowest BCUT2D eigenvalue weighted by Gasteiger charge is -2.17.